The maximum Gasteiger partial charge on any atom is 0.202 e. The summed E-state index contributed by atoms with van der Waals surface area (Å²) in [4.78, 5) is 8.28. The van der Waals surface area contributed by atoms with E-state index in [0.29, 0.717) is 0 Å². The summed E-state index contributed by atoms with van der Waals surface area (Å²) in [6.45, 7) is 4.93. The van der Waals surface area contributed by atoms with Crippen LogP contribution in [0.4, 0.5) is 5.95 Å². The fourth-order valence-corrected chi connectivity index (χ4v) is 1.61. The molecule has 1 N–H and O–H groups in total. The molecular weight excluding hydrogens is 202 g/mol. The van der Waals surface area contributed by atoms with Gasteiger partial charge >= 0.3 is 0 Å². The van der Waals surface area contributed by atoms with Crippen molar-refractivity contribution in [3.05, 3.63) is 31.1 Å². The van der Waals surface area contributed by atoms with Crippen LogP contribution in [0.3, 0.4) is 0 Å². The molecule has 0 aliphatic heterocycles. The summed E-state index contributed by atoms with van der Waals surface area (Å²) in [5, 5.41) is 3.32. The molecule has 5 nitrogen and oxygen atoms in total. The van der Waals surface area contributed by atoms with Gasteiger partial charge in [0, 0.05) is 44.4 Å². The molecule has 5 heteroatoms. The predicted octanol–water partition coefficient (Wildman–Crippen LogP) is 1.60. The van der Waals surface area contributed by atoms with Gasteiger partial charge in [-0.2, -0.15) is 0 Å². The first-order valence-corrected chi connectivity index (χ1v) is 5.61. The zero-order valence-corrected chi connectivity index (χ0v) is 9.50. The number of hydrogen-bond acceptors (Lipinski definition) is 3. The third kappa shape index (κ3) is 2.62. The standard InChI is InChI=1S/C11H17N5/c1-2-6-16-9-5-14-11(16)13-4-8-15-7-3-12-10-15/h3,5,7,9-10H,2,4,6,8H2,1H3,(H,13,14). The molecule has 0 amide bonds. The molecule has 2 heterocycles. The van der Waals surface area contributed by atoms with Crippen LogP contribution in [-0.4, -0.2) is 25.6 Å². The van der Waals surface area contributed by atoms with E-state index in [1.807, 2.05) is 29.5 Å². The molecule has 2 aromatic rings. The lowest BCUT2D eigenvalue weighted by molar-refractivity contribution is 0.671. The minimum atomic E-state index is 0.858. The maximum atomic E-state index is 4.28. The number of nitrogens with zero attached hydrogens (tertiary/aromatic N) is 4. The van der Waals surface area contributed by atoms with Gasteiger partial charge in [0.1, 0.15) is 0 Å². The lowest BCUT2D eigenvalue weighted by Crippen LogP contribution is -2.13. The van der Waals surface area contributed by atoms with Crippen LogP contribution in [0.2, 0.25) is 0 Å². The van der Waals surface area contributed by atoms with Crippen molar-refractivity contribution in [2.45, 2.75) is 26.4 Å². The van der Waals surface area contributed by atoms with Crippen LogP contribution in [0.25, 0.3) is 0 Å². The summed E-state index contributed by atoms with van der Waals surface area (Å²) in [5.41, 5.74) is 0. The van der Waals surface area contributed by atoms with Crippen LogP contribution in [-0.2, 0) is 13.1 Å². The van der Waals surface area contributed by atoms with Crippen LogP contribution >= 0.6 is 0 Å². The molecule has 0 radical (unpaired) electrons. The van der Waals surface area contributed by atoms with Crippen LogP contribution in [0.15, 0.2) is 31.1 Å². The Morgan fingerprint density at radius 2 is 2.19 bits per heavy atom. The summed E-state index contributed by atoms with van der Waals surface area (Å²) >= 11 is 0. The summed E-state index contributed by atoms with van der Waals surface area (Å²) in [6.07, 6.45) is 10.5. The number of aromatic nitrogens is 4. The second-order valence-electron chi connectivity index (χ2n) is 3.67. The first kappa shape index (κ1) is 10.7. The fraction of sp³-hybridized carbons (Fsp3) is 0.455. The molecule has 0 saturated carbocycles. The minimum absolute atomic E-state index is 0.858. The van der Waals surface area contributed by atoms with E-state index in [1.54, 1.807) is 6.20 Å². The quantitative estimate of drug-likeness (QED) is 0.802. The molecular formula is C11H17N5. The van der Waals surface area contributed by atoms with Crippen molar-refractivity contribution in [1.82, 2.24) is 19.1 Å². The molecule has 0 saturated heterocycles. The zero-order chi connectivity index (χ0) is 11.2. The zero-order valence-electron chi connectivity index (χ0n) is 9.50. The highest BCUT2D eigenvalue weighted by Gasteiger charge is 2.00. The summed E-state index contributed by atoms with van der Waals surface area (Å²) < 4.78 is 4.17. The van der Waals surface area contributed by atoms with Crippen LogP contribution < -0.4 is 5.32 Å². The van der Waals surface area contributed by atoms with Gasteiger partial charge in [-0.25, -0.2) is 9.97 Å². The number of aryl methyl sites for hydroxylation is 1. The van der Waals surface area contributed by atoms with E-state index in [9.17, 15) is 0 Å². The van der Waals surface area contributed by atoms with Gasteiger partial charge in [-0.3, -0.25) is 0 Å². The molecule has 16 heavy (non-hydrogen) atoms. The van der Waals surface area contributed by atoms with Crippen molar-refractivity contribution >= 4 is 5.95 Å². The van der Waals surface area contributed by atoms with Crippen molar-refractivity contribution < 1.29 is 0 Å². The van der Waals surface area contributed by atoms with Crippen molar-refractivity contribution in [3.8, 4) is 0 Å². The Morgan fingerprint density at radius 1 is 1.25 bits per heavy atom. The van der Waals surface area contributed by atoms with Crippen molar-refractivity contribution in [1.29, 1.82) is 0 Å². The lowest BCUT2D eigenvalue weighted by Gasteiger charge is -2.08. The van der Waals surface area contributed by atoms with Gasteiger partial charge in [0.2, 0.25) is 5.95 Å². The summed E-state index contributed by atoms with van der Waals surface area (Å²) in [5.74, 6) is 0.946. The van der Waals surface area contributed by atoms with Gasteiger partial charge in [0.25, 0.3) is 0 Å². The largest absolute Gasteiger partial charge is 0.354 e. The van der Waals surface area contributed by atoms with E-state index >= 15 is 0 Å². The molecule has 2 aromatic heterocycles. The Balaban J connectivity index is 1.82. The first-order valence-electron chi connectivity index (χ1n) is 5.61. The number of imidazole rings is 2. The molecule has 0 aliphatic rings. The normalized spacial score (nSPS) is 10.6. The SMILES string of the molecule is CCCn1ccnc1NCCn1ccnc1. The molecule has 0 atom stereocenters. The monoisotopic (exact) mass is 219 g/mol. The van der Waals surface area contributed by atoms with Crippen LogP contribution in [0, 0.1) is 0 Å². The van der Waals surface area contributed by atoms with Gasteiger partial charge in [-0.05, 0) is 6.42 Å². The van der Waals surface area contributed by atoms with E-state index in [-0.39, 0.29) is 0 Å². The summed E-state index contributed by atoms with van der Waals surface area (Å²) in [7, 11) is 0. The average molecular weight is 219 g/mol. The molecule has 0 aliphatic carbocycles. The molecule has 0 aromatic carbocycles. The van der Waals surface area contributed by atoms with Crippen LogP contribution in [0.1, 0.15) is 13.3 Å². The Labute approximate surface area is 95.1 Å². The molecule has 86 valence electrons. The smallest absolute Gasteiger partial charge is 0.202 e. The molecule has 2 rings (SSSR count). The highest BCUT2D eigenvalue weighted by atomic mass is 15.2. The second-order valence-corrected chi connectivity index (χ2v) is 3.67. The van der Waals surface area contributed by atoms with Gasteiger partial charge < -0.3 is 14.5 Å². The molecule has 0 unspecified atom stereocenters. The Bertz CT molecular complexity index is 404. The van der Waals surface area contributed by atoms with E-state index in [1.165, 1.54) is 0 Å². The Hall–Kier alpha value is -1.78. The summed E-state index contributed by atoms with van der Waals surface area (Å²) in [6, 6.07) is 0. The highest BCUT2D eigenvalue weighted by Crippen LogP contribution is 2.04. The van der Waals surface area contributed by atoms with Crippen molar-refractivity contribution in [3.63, 3.8) is 0 Å². The van der Waals surface area contributed by atoms with E-state index < -0.39 is 0 Å². The number of anilines is 1. The van der Waals surface area contributed by atoms with Crippen LogP contribution in [0.5, 0.6) is 0 Å². The number of nitrogens with one attached hydrogen (secondary N) is 1. The average Bonchev–Trinajstić information content (AvgIpc) is 2.91. The number of hydrogen-bond donors (Lipinski definition) is 1. The van der Waals surface area contributed by atoms with Gasteiger partial charge in [0.15, 0.2) is 0 Å². The Morgan fingerprint density at radius 3 is 2.94 bits per heavy atom. The van der Waals surface area contributed by atoms with Gasteiger partial charge in [-0.15, -0.1) is 0 Å². The Kier molecular flexibility index (Phi) is 3.58. The van der Waals surface area contributed by atoms with Gasteiger partial charge in [-0.1, -0.05) is 6.92 Å². The predicted molar refractivity (Wildman–Crippen MR) is 63.2 cm³/mol. The second kappa shape index (κ2) is 5.34. The highest BCUT2D eigenvalue weighted by molar-refractivity contribution is 5.25. The minimum Gasteiger partial charge on any atom is -0.354 e. The maximum absolute atomic E-state index is 4.28. The lowest BCUT2D eigenvalue weighted by atomic mass is 10.5. The van der Waals surface area contributed by atoms with E-state index in [0.717, 1.165) is 32.0 Å². The van der Waals surface area contributed by atoms with Gasteiger partial charge in [0.05, 0.1) is 6.33 Å². The molecule has 0 spiro atoms. The first-order chi connectivity index (χ1) is 7.90. The molecule has 0 bridgehead atoms. The third-order valence-corrected chi connectivity index (χ3v) is 2.39. The van der Waals surface area contributed by atoms with Crippen molar-refractivity contribution in [2.24, 2.45) is 0 Å². The van der Waals surface area contributed by atoms with Crippen molar-refractivity contribution in [2.75, 3.05) is 11.9 Å². The molecule has 0 fully saturated rings. The van der Waals surface area contributed by atoms with E-state index in [4.69, 9.17) is 0 Å². The van der Waals surface area contributed by atoms with E-state index in [2.05, 4.69) is 26.8 Å². The topological polar surface area (TPSA) is 47.7 Å². The third-order valence-electron chi connectivity index (χ3n) is 2.39. The fourth-order valence-electron chi connectivity index (χ4n) is 1.61. The number of rotatable bonds is 6.